The number of aryl methyl sites for hydroxylation is 1. The van der Waals surface area contributed by atoms with Gasteiger partial charge >= 0.3 is 6.03 Å². The first-order valence-corrected chi connectivity index (χ1v) is 9.55. The van der Waals surface area contributed by atoms with Crippen LogP contribution in [0.25, 0.3) is 22.2 Å². The molecular weight excluding hydrogens is 370 g/mol. The van der Waals surface area contributed by atoms with Gasteiger partial charge in [0.05, 0.1) is 11.4 Å². The van der Waals surface area contributed by atoms with E-state index in [-0.39, 0.29) is 6.03 Å². The molecule has 4 aromatic rings. The number of H-pyrrole nitrogens is 1. The van der Waals surface area contributed by atoms with E-state index in [2.05, 4.69) is 46.8 Å². The molecule has 0 unspecified atom stereocenters. The van der Waals surface area contributed by atoms with E-state index in [9.17, 15) is 4.79 Å². The zero-order valence-electron chi connectivity index (χ0n) is 15.4. The van der Waals surface area contributed by atoms with Gasteiger partial charge in [-0.3, -0.25) is 0 Å². The predicted octanol–water partition coefficient (Wildman–Crippen LogP) is 6.69. The van der Waals surface area contributed by atoms with Crippen molar-refractivity contribution >= 4 is 39.9 Å². The van der Waals surface area contributed by atoms with Gasteiger partial charge in [-0.05, 0) is 42.3 Å². The number of aromatic amines is 1. The second-order valence-electron chi connectivity index (χ2n) is 6.56. The number of para-hydroxylation sites is 1. The zero-order chi connectivity index (χ0) is 19.5. The van der Waals surface area contributed by atoms with E-state index in [0.29, 0.717) is 10.7 Å². The molecule has 0 aliphatic carbocycles. The van der Waals surface area contributed by atoms with Crippen molar-refractivity contribution in [3.63, 3.8) is 0 Å². The molecule has 0 aliphatic rings. The third-order valence-corrected chi connectivity index (χ3v) is 4.95. The average Bonchev–Trinajstić information content (AvgIpc) is 3.08. The molecule has 0 bridgehead atoms. The van der Waals surface area contributed by atoms with Gasteiger partial charge in [0.25, 0.3) is 0 Å². The summed E-state index contributed by atoms with van der Waals surface area (Å²) in [6.07, 6.45) is 0.988. The number of rotatable bonds is 4. The number of amides is 2. The molecule has 0 atom stereocenters. The van der Waals surface area contributed by atoms with E-state index in [1.54, 1.807) is 24.3 Å². The van der Waals surface area contributed by atoms with Crippen LogP contribution in [-0.4, -0.2) is 11.0 Å². The molecule has 2 amide bonds. The van der Waals surface area contributed by atoms with Crippen LogP contribution in [0.5, 0.6) is 0 Å². The highest BCUT2D eigenvalue weighted by Gasteiger charge is 2.15. The van der Waals surface area contributed by atoms with Crippen LogP contribution in [0.2, 0.25) is 5.02 Å². The second kappa shape index (κ2) is 7.79. The molecule has 5 heteroatoms. The quantitative estimate of drug-likeness (QED) is 0.357. The lowest BCUT2D eigenvalue weighted by Gasteiger charge is -2.10. The number of nitrogens with one attached hydrogen (secondary N) is 3. The molecule has 1 aromatic heterocycles. The molecule has 0 spiro atoms. The standard InChI is InChI=1S/C23H20ClN3O/c1-2-15-7-9-16(10-8-15)21-22(19-5-3-4-6-20(19)26-21)27-23(28)25-18-13-11-17(24)12-14-18/h3-14,26H,2H2,1H3,(H2,25,27,28). The highest BCUT2D eigenvalue weighted by atomic mass is 35.5. The molecule has 140 valence electrons. The van der Waals surface area contributed by atoms with Gasteiger partial charge in [-0.25, -0.2) is 4.79 Å². The first-order chi connectivity index (χ1) is 13.6. The highest BCUT2D eigenvalue weighted by Crippen LogP contribution is 2.35. The van der Waals surface area contributed by atoms with Crippen LogP contribution < -0.4 is 10.6 Å². The fourth-order valence-electron chi connectivity index (χ4n) is 3.20. The first kappa shape index (κ1) is 18.1. The Kier molecular flexibility index (Phi) is 5.04. The van der Waals surface area contributed by atoms with Crippen molar-refractivity contribution < 1.29 is 4.79 Å². The molecular formula is C23H20ClN3O. The number of carbonyl (C=O) groups excluding carboxylic acids is 1. The van der Waals surface area contributed by atoms with Crippen LogP contribution in [-0.2, 0) is 6.42 Å². The Morgan fingerprint density at radius 3 is 2.36 bits per heavy atom. The van der Waals surface area contributed by atoms with Crippen LogP contribution in [0.15, 0.2) is 72.8 Å². The van der Waals surface area contributed by atoms with E-state index in [4.69, 9.17) is 11.6 Å². The number of hydrogen-bond acceptors (Lipinski definition) is 1. The monoisotopic (exact) mass is 389 g/mol. The molecule has 0 aliphatic heterocycles. The Bertz CT molecular complexity index is 1120. The summed E-state index contributed by atoms with van der Waals surface area (Å²) in [4.78, 5) is 16.1. The van der Waals surface area contributed by atoms with Crippen LogP contribution >= 0.6 is 11.6 Å². The number of benzene rings is 3. The molecule has 4 rings (SSSR count). The third-order valence-electron chi connectivity index (χ3n) is 4.70. The normalized spacial score (nSPS) is 10.8. The van der Waals surface area contributed by atoms with Crippen molar-refractivity contribution in [2.24, 2.45) is 0 Å². The number of aromatic nitrogens is 1. The van der Waals surface area contributed by atoms with Crippen molar-refractivity contribution in [3.05, 3.63) is 83.4 Å². The minimum atomic E-state index is -0.307. The van der Waals surface area contributed by atoms with E-state index in [1.165, 1.54) is 5.56 Å². The summed E-state index contributed by atoms with van der Waals surface area (Å²) >= 11 is 5.91. The topological polar surface area (TPSA) is 56.9 Å². The number of fused-ring (bicyclic) bond motifs is 1. The maximum atomic E-state index is 12.6. The Labute approximate surface area is 168 Å². The van der Waals surface area contributed by atoms with Gasteiger partial charge in [0, 0.05) is 27.2 Å². The lowest BCUT2D eigenvalue weighted by Crippen LogP contribution is -2.19. The molecule has 3 N–H and O–H groups in total. The molecule has 3 aromatic carbocycles. The van der Waals surface area contributed by atoms with Crippen LogP contribution in [0.4, 0.5) is 16.2 Å². The Balaban J connectivity index is 1.68. The van der Waals surface area contributed by atoms with Crippen molar-refractivity contribution in [1.29, 1.82) is 0 Å². The van der Waals surface area contributed by atoms with E-state index in [1.807, 2.05) is 24.3 Å². The summed E-state index contributed by atoms with van der Waals surface area (Å²) in [6.45, 7) is 2.13. The smallest absolute Gasteiger partial charge is 0.323 e. The number of halogens is 1. The maximum Gasteiger partial charge on any atom is 0.323 e. The summed E-state index contributed by atoms with van der Waals surface area (Å²) in [5, 5.41) is 7.44. The summed E-state index contributed by atoms with van der Waals surface area (Å²) in [7, 11) is 0. The van der Waals surface area contributed by atoms with Gasteiger partial charge < -0.3 is 15.6 Å². The number of hydrogen-bond donors (Lipinski definition) is 3. The highest BCUT2D eigenvalue weighted by molar-refractivity contribution is 6.30. The molecule has 0 saturated carbocycles. The van der Waals surface area contributed by atoms with Crippen molar-refractivity contribution in [2.75, 3.05) is 10.6 Å². The maximum absolute atomic E-state index is 12.6. The zero-order valence-corrected chi connectivity index (χ0v) is 16.2. The van der Waals surface area contributed by atoms with Crippen molar-refractivity contribution in [3.8, 4) is 11.3 Å². The van der Waals surface area contributed by atoms with E-state index < -0.39 is 0 Å². The summed E-state index contributed by atoms with van der Waals surface area (Å²) in [5.74, 6) is 0. The number of carbonyl (C=O) groups is 1. The second-order valence-corrected chi connectivity index (χ2v) is 6.99. The van der Waals surface area contributed by atoms with Crippen LogP contribution in [0.3, 0.4) is 0 Å². The van der Waals surface area contributed by atoms with Gasteiger partial charge in [-0.15, -0.1) is 0 Å². The molecule has 0 fully saturated rings. The fraction of sp³-hybridized carbons (Fsp3) is 0.0870. The van der Waals surface area contributed by atoms with Crippen molar-refractivity contribution in [2.45, 2.75) is 13.3 Å². The fourth-order valence-corrected chi connectivity index (χ4v) is 3.33. The van der Waals surface area contributed by atoms with Gasteiger partial charge in [-0.2, -0.15) is 0 Å². The predicted molar refractivity (Wildman–Crippen MR) is 117 cm³/mol. The molecule has 1 heterocycles. The van der Waals surface area contributed by atoms with Crippen LogP contribution in [0, 0.1) is 0 Å². The lowest BCUT2D eigenvalue weighted by molar-refractivity contribution is 0.262. The third kappa shape index (κ3) is 3.73. The molecule has 0 saturated heterocycles. The van der Waals surface area contributed by atoms with E-state index in [0.717, 1.165) is 34.3 Å². The van der Waals surface area contributed by atoms with Gasteiger partial charge in [-0.1, -0.05) is 61.0 Å². The largest absolute Gasteiger partial charge is 0.353 e. The molecule has 4 nitrogen and oxygen atoms in total. The SMILES string of the molecule is CCc1ccc(-c2[nH]c3ccccc3c2NC(=O)Nc2ccc(Cl)cc2)cc1. The van der Waals surface area contributed by atoms with Gasteiger partial charge in [0.15, 0.2) is 0 Å². The molecule has 28 heavy (non-hydrogen) atoms. The van der Waals surface area contributed by atoms with E-state index >= 15 is 0 Å². The summed E-state index contributed by atoms with van der Waals surface area (Å²) < 4.78 is 0. The summed E-state index contributed by atoms with van der Waals surface area (Å²) in [5.41, 5.74) is 5.58. The van der Waals surface area contributed by atoms with Gasteiger partial charge in [0.2, 0.25) is 0 Å². The lowest BCUT2D eigenvalue weighted by atomic mass is 10.1. The Morgan fingerprint density at radius 2 is 1.64 bits per heavy atom. The van der Waals surface area contributed by atoms with Crippen LogP contribution in [0.1, 0.15) is 12.5 Å². The minimum absolute atomic E-state index is 0.307. The number of anilines is 2. The Hall–Kier alpha value is -3.24. The average molecular weight is 390 g/mol. The first-order valence-electron chi connectivity index (χ1n) is 9.17. The number of urea groups is 1. The summed E-state index contributed by atoms with van der Waals surface area (Å²) in [6, 6.07) is 23.0. The van der Waals surface area contributed by atoms with Crippen molar-refractivity contribution in [1.82, 2.24) is 4.98 Å². The van der Waals surface area contributed by atoms with Gasteiger partial charge in [0.1, 0.15) is 0 Å². The molecule has 0 radical (unpaired) electrons. The minimum Gasteiger partial charge on any atom is -0.353 e. The Morgan fingerprint density at radius 1 is 0.929 bits per heavy atom.